The molecule has 0 saturated carbocycles. The molecule has 0 amide bonds. The maximum atomic E-state index is 9.20. The molecular weight excluding hydrogens is 224 g/mol. The molecule has 0 aliphatic carbocycles. The first-order valence-electron chi connectivity index (χ1n) is 6.27. The predicted octanol–water partition coefficient (Wildman–Crippen LogP) is 2.90. The fraction of sp³-hybridized carbons (Fsp3) is 0.250. The minimum atomic E-state index is 0.0886. The standard InChI is InChI=1S/C16H16O2/c17-10-13-6-7-16-15(9-13)14(11-18-16)8-12-4-2-1-3-5-12/h1-7,9,14,17H,8,10-11H2. The van der Waals surface area contributed by atoms with Gasteiger partial charge in [-0.2, -0.15) is 0 Å². The lowest BCUT2D eigenvalue weighted by molar-refractivity contribution is 0.281. The highest BCUT2D eigenvalue weighted by Gasteiger charge is 2.24. The van der Waals surface area contributed by atoms with Crippen molar-refractivity contribution in [2.75, 3.05) is 6.61 Å². The van der Waals surface area contributed by atoms with E-state index < -0.39 is 0 Å². The van der Waals surface area contributed by atoms with E-state index in [4.69, 9.17) is 4.74 Å². The maximum absolute atomic E-state index is 9.20. The molecule has 1 N–H and O–H groups in total. The summed E-state index contributed by atoms with van der Waals surface area (Å²) in [4.78, 5) is 0. The molecule has 0 fully saturated rings. The Morgan fingerprint density at radius 3 is 2.67 bits per heavy atom. The van der Waals surface area contributed by atoms with Crippen molar-refractivity contribution in [1.29, 1.82) is 0 Å². The van der Waals surface area contributed by atoms with Gasteiger partial charge in [-0.05, 0) is 29.7 Å². The number of aliphatic hydroxyl groups is 1. The second-order valence-corrected chi connectivity index (χ2v) is 4.73. The molecule has 3 rings (SSSR count). The molecule has 2 aromatic carbocycles. The third-order valence-electron chi connectivity index (χ3n) is 3.46. The molecule has 1 aliphatic heterocycles. The summed E-state index contributed by atoms with van der Waals surface area (Å²) in [6.07, 6.45) is 0.989. The number of benzene rings is 2. The smallest absolute Gasteiger partial charge is 0.122 e. The summed E-state index contributed by atoms with van der Waals surface area (Å²) in [5, 5.41) is 9.20. The van der Waals surface area contributed by atoms with Crippen molar-refractivity contribution in [3.8, 4) is 5.75 Å². The first-order valence-corrected chi connectivity index (χ1v) is 6.27. The summed E-state index contributed by atoms with van der Waals surface area (Å²) in [6, 6.07) is 16.4. The second kappa shape index (κ2) is 4.83. The molecule has 0 aromatic heterocycles. The van der Waals surface area contributed by atoms with Gasteiger partial charge in [-0.15, -0.1) is 0 Å². The lowest BCUT2D eigenvalue weighted by Crippen LogP contribution is -2.04. The van der Waals surface area contributed by atoms with Crippen LogP contribution in [0.4, 0.5) is 0 Å². The van der Waals surface area contributed by atoms with Gasteiger partial charge < -0.3 is 9.84 Å². The van der Waals surface area contributed by atoms with Gasteiger partial charge in [0.2, 0.25) is 0 Å². The molecular formula is C16H16O2. The van der Waals surface area contributed by atoms with Gasteiger partial charge >= 0.3 is 0 Å². The Kier molecular flexibility index (Phi) is 3.03. The molecule has 1 aliphatic rings. The highest BCUT2D eigenvalue weighted by Crippen LogP contribution is 2.36. The normalized spacial score (nSPS) is 17.3. The highest BCUT2D eigenvalue weighted by molar-refractivity contribution is 5.43. The van der Waals surface area contributed by atoms with Crippen LogP contribution < -0.4 is 4.74 Å². The van der Waals surface area contributed by atoms with E-state index >= 15 is 0 Å². The van der Waals surface area contributed by atoms with Gasteiger partial charge in [0.05, 0.1) is 13.2 Å². The van der Waals surface area contributed by atoms with Crippen LogP contribution in [0.1, 0.15) is 22.6 Å². The molecule has 1 atom stereocenters. The van der Waals surface area contributed by atoms with Gasteiger partial charge in [-0.25, -0.2) is 0 Å². The van der Waals surface area contributed by atoms with E-state index in [1.165, 1.54) is 11.1 Å². The maximum Gasteiger partial charge on any atom is 0.122 e. The van der Waals surface area contributed by atoms with Crippen molar-refractivity contribution in [3.05, 3.63) is 65.2 Å². The summed E-state index contributed by atoms with van der Waals surface area (Å²) in [7, 11) is 0. The number of rotatable bonds is 3. The van der Waals surface area contributed by atoms with E-state index in [1.807, 2.05) is 18.2 Å². The molecule has 0 saturated heterocycles. The van der Waals surface area contributed by atoms with Gasteiger partial charge in [-0.3, -0.25) is 0 Å². The number of fused-ring (bicyclic) bond motifs is 1. The molecule has 0 radical (unpaired) electrons. The molecule has 2 nitrogen and oxygen atoms in total. The van der Waals surface area contributed by atoms with Gasteiger partial charge in [0, 0.05) is 11.5 Å². The molecule has 2 heteroatoms. The SMILES string of the molecule is OCc1ccc2c(c1)C(Cc1ccccc1)CO2. The van der Waals surface area contributed by atoms with Crippen molar-refractivity contribution >= 4 is 0 Å². The van der Waals surface area contributed by atoms with Crippen LogP contribution in [0.5, 0.6) is 5.75 Å². The van der Waals surface area contributed by atoms with E-state index in [0.717, 1.165) is 24.3 Å². The minimum absolute atomic E-state index is 0.0886. The quantitative estimate of drug-likeness (QED) is 0.894. The van der Waals surface area contributed by atoms with E-state index in [9.17, 15) is 5.11 Å². The predicted molar refractivity (Wildman–Crippen MR) is 70.7 cm³/mol. The van der Waals surface area contributed by atoms with Crippen molar-refractivity contribution in [2.24, 2.45) is 0 Å². The minimum Gasteiger partial charge on any atom is -0.493 e. The number of hydrogen-bond acceptors (Lipinski definition) is 2. The fourth-order valence-electron chi connectivity index (χ4n) is 2.49. The van der Waals surface area contributed by atoms with Crippen LogP contribution in [0.3, 0.4) is 0 Å². The fourth-order valence-corrected chi connectivity index (χ4v) is 2.49. The Hall–Kier alpha value is -1.80. The van der Waals surface area contributed by atoms with Crippen LogP contribution in [0.15, 0.2) is 48.5 Å². The van der Waals surface area contributed by atoms with Crippen LogP contribution in [0.2, 0.25) is 0 Å². The summed E-state index contributed by atoms with van der Waals surface area (Å²) in [6.45, 7) is 0.824. The van der Waals surface area contributed by atoms with Gasteiger partial charge in [0.15, 0.2) is 0 Å². The first-order chi connectivity index (χ1) is 8.86. The number of hydrogen-bond donors (Lipinski definition) is 1. The van der Waals surface area contributed by atoms with E-state index in [1.54, 1.807) is 0 Å². The van der Waals surface area contributed by atoms with E-state index in [2.05, 4.69) is 30.3 Å². The van der Waals surface area contributed by atoms with Crippen molar-refractivity contribution < 1.29 is 9.84 Å². The Morgan fingerprint density at radius 2 is 1.89 bits per heavy atom. The van der Waals surface area contributed by atoms with Crippen LogP contribution in [-0.2, 0) is 13.0 Å². The Morgan fingerprint density at radius 1 is 1.06 bits per heavy atom. The van der Waals surface area contributed by atoms with E-state index in [-0.39, 0.29) is 6.61 Å². The molecule has 18 heavy (non-hydrogen) atoms. The number of ether oxygens (including phenoxy) is 1. The highest BCUT2D eigenvalue weighted by atomic mass is 16.5. The van der Waals surface area contributed by atoms with Gasteiger partial charge in [0.25, 0.3) is 0 Å². The van der Waals surface area contributed by atoms with Crippen molar-refractivity contribution in [1.82, 2.24) is 0 Å². The van der Waals surface area contributed by atoms with Crippen molar-refractivity contribution in [2.45, 2.75) is 18.9 Å². The molecule has 0 spiro atoms. The zero-order valence-corrected chi connectivity index (χ0v) is 10.2. The molecule has 2 aromatic rings. The molecule has 0 bridgehead atoms. The van der Waals surface area contributed by atoms with Crippen molar-refractivity contribution in [3.63, 3.8) is 0 Å². The third kappa shape index (κ3) is 2.12. The monoisotopic (exact) mass is 240 g/mol. The van der Waals surface area contributed by atoms with E-state index in [0.29, 0.717) is 5.92 Å². The summed E-state index contributed by atoms with van der Waals surface area (Å²) in [5.41, 5.74) is 3.51. The lowest BCUT2D eigenvalue weighted by atomic mass is 9.93. The average molecular weight is 240 g/mol. The molecule has 1 unspecified atom stereocenters. The van der Waals surface area contributed by atoms with Crippen LogP contribution in [0, 0.1) is 0 Å². The lowest BCUT2D eigenvalue weighted by Gasteiger charge is -2.09. The Labute approximate surface area is 107 Å². The summed E-state index contributed by atoms with van der Waals surface area (Å²) >= 11 is 0. The zero-order valence-electron chi connectivity index (χ0n) is 10.2. The average Bonchev–Trinajstić information content (AvgIpc) is 2.82. The Balaban J connectivity index is 1.85. The molecule has 1 heterocycles. The first kappa shape index (κ1) is 11.3. The Bertz CT molecular complexity index is 534. The molecule has 92 valence electrons. The second-order valence-electron chi connectivity index (χ2n) is 4.73. The number of aliphatic hydroxyl groups excluding tert-OH is 1. The topological polar surface area (TPSA) is 29.5 Å². The van der Waals surface area contributed by atoms with Gasteiger partial charge in [-0.1, -0.05) is 36.4 Å². The van der Waals surface area contributed by atoms with Crippen LogP contribution in [-0.4, -0.2) is 11.7 Å². The zero-order chi connectivity index (χ0) is 12.4. The van der Waals surface area contributed by atoms with Crippen LogP contribution >= 0.6 is 0 Å². The third-order valence-corrected chi connectivity index (χ3v) is 3.46. The summed E-state index contributed by atoms with van der Waals surface area (Å²) in [5.74, 6) is 1.36. The van der Waals surface area contributed by atoms with Gasteiger partial charge in [0.1, 0.15) is 5.75 Å². The van der Waals surface area contributed by atoms with Crippen LogP contribution in [0.25, 0.3) is 0 Å². The largest absolute Gasteiger partial charge is 0.493 e. The summed E-state index contributed by atoms with van der Waals surface area (Å²) < 4.78 is 5.70.